The van der Waals surface area contributed by atoms with Crippen LogP contribution in [0.15, 0.2) is 48.5 Å². The molecule has 26 heavy (non-hydrogen) atoms. The minimum Gasteiger partial charge on any atom is -0.376 e. The van der Waals surface area contributed by atoms with E-state index in [-0.39, 0.29) is 24.2 Å². The van der Waals surface area contributed by atoms with Crippen molar-refractivity contribution < 1.29 is 14.0 Å². The van der Waals surface area contributed by atoms with Gasteiger partial charge in [0.1, 0.15) is 5.82 Å². The lowest BCUT2D eigenvalue weighted by molar-refractivity contribution is -0.116. The van der Waals surface area contributed by atoms with Crippen LogP contribution < -0.4 is 16.0 Å². The van der Waals surface area contributed by atoms with Crippen LogP contribution in [0.2, 0.25) is 0 Å². The highest BCUT2D eigenvalue weighted by Crippen LogP contribution is 2.16. The zero-order valence-corrected chi connectivity index (χ0v) is 14.8. The third-order valence-electron chi connectivity index (χ3n) is 3.73. The third-order valence-corrected chi connectivity index (χ3v) is 3.73. The summed E-state index contributed by atoms with van der Waals surface area (Å²) in [6.07, 6.45) is 3.46. The molecule has 5 nitrogen and oxygen atoms in total. The summed E-state index contributed by atoms with van der Waals surface area (Å²) in [6.45, 7) is 2.15. The van der Waals surface area contributed by atoms with Gasteiger partial charge >= 0.3 is 0 Å². The van der Waals surface area contributed by atoms with E-state index < -0.39 is 0 Å². The monoisotopic (exact) mass is 357 g/mol. The van der Waals surface area contributed by atoms with Crippen molar-refractivity contribution in [3.63, 3.8) is 0 Å². The zero-order chi connectivity index (χ0) is 18.8. The van der Waals surface area contributed by atoms with Crippen molar-refractivity contribution in [1.82, 2.24) is 0 Å². The largest absolute Gasteiger partial charge is 0.376 e. The van der Waals surface area contributed by atoms with E-state index in [1.807, 2.05) is 0 Å². The van der Waals surface area contributed by atoms with Gasteiger partial charge in [0.2, 0.25) is 11.8 Å². The van der Waals surface area contributed by atoms with Gasteiger partial charge in [0.15, 0.2) is 0 Å². The summed E-state index contributed by atoms with van der Waals surface area (Å²) >= 11 is 0. The maximum absolute atomic E-state index is 12.9. The summed E-state index contributed by atoms with van der Waals surface area (Å²) in [5.74, 6) is -0.589. The highest BCUT2D eigenvalue weighted by Gasteiger charge is 2.05. The summed E-state index contributed by atoms with van der Waals surface area (Å²) in [5.41, 5.74) is 1.91. The fourth-order valence-corrected chi connectivity index (χ4v) is 2.39. The van der Waals surface area contributed by atoms with Crippen LogP contribution in [-0.4, -0.2) is 18.4 Å². The van der Waals surface area contributed by atoms with Crippen LogP contribution in [0.4, 0.5) is 21.5 Å². The molecule has 0 aliphatic heterocycles. The van der Waals surface area contributed by atoms with Crippen molar-refractivity contribution in [1.29, 1.82) is 0 Å². The van der Waals surface area contributed by atoms with Crippen molar-refractivity contribution in [3.8, 4) is 0 Å². The fourth-order valence-electron chi connectivity index (χ4n) is 2.39. The Bertz CT molecular complexity index is 732. The summed E-state index contributed by atoms with van der Waals surface area (Å²) in [4.78, 5) is 23.9. The Hall–Kier alpha value is -2.89. The second-order valence-electron chi connectivity index (χ2n) is 5.99. The normalized spacial score (nSPS) is 10.2. The molecule has 6 heteroatoms. The predicted octanol–water partition coefficient (Wildman–Crippen LogP) is 4.40. The third kappa shape index (κ3) is 6.93. The van der Waals surface area contributed by atoms with Gasteiger partial charge in [-0.1, -0.05) is 25.8 Å². The van der Waals surface area contributed by atoms with Crippen molar-refractivity contribution in [2.45, 2.75) is 32.6 Å². The number of benzene rings is 2. The van der Waals surface area contributed by atoms with Crippen LogP contribution in [0, 0.1) is 5.82 Å². The Morgan fingerprint density at radius 1 is 0.885 bits per heavy atom. The van der Waals surface area contributed by atoms with Gasteiger partial charge in [-0.3, -0.25) is 9.59 Å². The minimum absolute atomic E-state index is 0.0279. The standard InChI is InChI=1S/C20H24FN3O2/c1-2-3-4-8-19(25)23-17-6-5-7-18(13-17)24-20(26)14-22-16-11-9-15(21)10-12-16/h5-7,9-13,22H,2-4,8,14H2,1H3,(H,23,25)(H,24,26). The Labute approximate surface area is 153 Å². The number of anilines is 3. The molecular formula is C20H24FN3O2. The Balaban J connectivity index is 1.82. The van der Waals surface area contributed by atoms with E-state index in [4.69, 9.17) is 0 Å². The number of rotatable bonds is 9. The van der Waals surface area contributed by atoms with Gasteiger partial charge in [-0.25, -0.2) is 4.39 Å². The van der Waals surface area contributed by atoms with E-state index in [0.717, 1.165) is 19.3 Å². The molecule has 2 amide bonds. The topological polar surface area (TPSA) is 70.2 Å². The molecule has 0 aliphatic carbocycles. The molecule has 0 saturated heterocycles. The van der Waals surface area contributed by atoms with E-state index in [9.17, 15) is 14.0 Å². The van der Waals surface area contributed by atoms with Crippen molar-refractivity contribution in [2.75, 3.05) is 22.5 Å². The molecule has 2 aromatic carbocycles. The maximum Gasteiger partial charge on any atom is 0.243 e. The second-order valence-corrected chi connectivity index (χ2v) is 5.99. The maximum atomic E-state index is 12.9. The molecule has 2 aromatic rings. The van der Waals surface area contributed by atoms with Crippen LogP contribution in [-0.2, 0) is 9.59 Å². The second kappa shape index (κ2) is 10.2. The number of amides is 2. The number of hydrogen-bond acceptors (Lipinski definition) is 3. The summed E-state index contributed by atoms with van der Waals surface area (Å²) in [7, 11) is 0. The summed E-state index contributed by atoms with van der Waals surface area (Å²) in [6, 6.07) is 12.8. The van der Waals surface area contributed by atoms with Gasteiger partial charge in [0.25, 0.3) is 0 Å². The average molecular weight is 357 g/mol. The Morgan fingerprint density at radius 2 is 1.54 bits per heavy atom. The molecule has 0 heterocycles. The van der Waals surface area contributed by atoms with Gasteiger partial charge < -0.3 is 16.0 Å². The molecule has 0 spiro atoms. The SMILES string of the molecule is CCCCCC(=O)Nc1cccc(NC(=O)CNc2ccc(F)cc2)c1. The number of unbranched alkanes of at least 4 members (excludes halogenated alkanes) is 2. The summed E-state index contributed by atoms with van der Waals surface area (Å²) in [5, 5.41) is 8.52. The minimum atomic E-state index is -0.325. The lowest BCUT2D eigenvalue weighted by Crippen LogP contribution is -2.21. The fraction of sp³-hybridized carbons (Fsp3) is 0.300. The van der Waals surface area contributed by atoms with Crippen LogP contribution >= 0.6 is 0 Å². The first-order chi connectivity index (χ1) is 12.6. The first-order valence-electron chi connectivity index (χ1n) is 8.76. The molecule has 138 valence electrons. The van der Waals surface area contributed by atoms with Gasteiger partial charge in [-0.05, 0) is 48.9 Å². The molecule has 2 rings (SSSR count). The summed E-state index contributed by atoms with van der Waals surface area (Å²) < 4.78 is 12.9. The highest BCUT2D eigenvalue weighted by molar-refractivity contribution is 5.95. The van der Waals surface area contributed by atoms with E-state index in [0.29, 0.717) is 23.5 Å². The van der Waals surface area contributed by atoms with E-state index in [2.05, 4.69) is 22.9 Å². The first kappa shape index (κ1) is 19.4. The number of carbonyl (C=O) groups is 2. The molecule has 0 fully saturated rings. The van der Waals surface area contributed by atoms with Crippen molar-refractivity contribution in [2.24, 2.45) is 0 Å². The lowest BCUT2D eigenvalue weighted by atomic mass is 10.2. The molecule has 0 aromatic heterocycles. The zero-order valence-electron chi connectivity index (χ0n) is 14.8. The van der Waals surface area contributed by atoms with E-state index in [1.165, 1.54) is 12.1 Å². The van der Waals surface area contributed by atoms with E-state index in [1.54, 1.807) is 36.4 Å². The lowest BCUT2D eigenvalue weighted by Gasteiger charge is -2.10. The van der Waals surface area contributed by atoms with Crippen molar-refractivity contribution >= 4 is 28.9 Å². The highest BCUT2D eigenvalue weighted by atomic mass is 19.1. The molecule has 0 aliphatic rings. The Morgan fingerprint density at radius 3 is 2.19 bits per heavy atom. The predicted molar refractivity (Wildman–Crippen MR) is 103 cm³/mol. The smallest absolute Gasteiger partial charge is 0.243 e. The number of carbonyl (C=O) groups excluding carboxylic acids is 2. The quantitative estimate of drug-likeness (QED) is 0.583. The molecule has 0 atom stereocenters. The molecule has 0 radical (unpaired) electrons. The number of halogens is 1. The molecule has 3 N–H and O–H groups in total. The van der Waals surface area contributed by atoms with Gasteiger partial charge in [-0.2, -0.15) is 0 Å². The van der Waals surface area contributed by atoms with Crippen LogP contribution in [0.1, 0.15) is 32.6 Å². The van der Waals surface area contributed by atoms with Crippen LogP contribution in [0.3, 0.4) is 0 Å². The molecule has 0 bridgehead atoms. The average Bonchev–Trinajstić information content (AvgIpc) is 2.62. The van der Waals surface area contributed by atoms with Gasteiger partial charge in [-0.15, -0.1) is 0 Å². The molecular weight excluding hydrogens is 333 g/mol. The van der Waals surface area contributed by atoms with Crippen molar-refractivity contribution in [3.05, 3.63) is 54.3 Å². The number of hydrogen-bond donors (Lipinski definition) is 3. The van der Waals surface area contributed by atoms with Crippen LogP contribution in [0.5, 0.6) is 0 Å². The number of nitrogens with one attached hydrogen (secondary N) is 3. The Kier molecular flexibility index (Phi) is 7.61. The molecule has 0 unspecified atom stereocenters. The molecule has 0 saturated carbocycles. The van der Waals surface area contributed by atoms with Gasteiger partial charge in [0.05, 0.1) is 6.54 Å². The van der Waals surface area contributed by atoms with Gasteiger partial charge in [0, 0.05) is 23.5 Å². The van der Waals surface area contributed by atoms with Crippen LogP contribution in [0.25, 0.3) is 0 Å². The first-order valence-corrected chi connectivity index (χ1v) is 8.76. The van der Waals surface area contributed by atoms with E-state index >= 15 is 0 Å².